The molecule has 0 bridgehead atoms. The first-order valence-electron chi connectivity index (χ1n) is 10.1. The quantitative estimate of drug-likeness (QED) is 0.654. The standard InChI is InChI=1S/C23H28N4O3S/c1-7-30-22(28)20-16(5)26-23(27-21(20)17-8-10-18(29-6)11-9-17)31-12-19-15(4)24-13(2)14(3)25-19/h8-11,23,26H,7,12H2,1-6H3. The van der Waals surface area contributed by atoms with Crippen molar-refractivity contribution in [3.8, 4) is 5.75 Å². The summed E-state index contributed by atoms with van der Waals surface area (Å²) in [4.78, 5) is 26.8. The number of carbonyl (C=O) groups excluding carboxylic acids is 1. The van der Waals surface area contributed by atoms with E-state index < -0.39 is 0 Å². The Bertz CT molecular complexity index is 1030. The number of allylic oxidation sites excluding steroid dienone is 1. The highest BCUT2D eigenvalue weighted by molar-refractivity contribution is 7.99. The molecule has 1 aromatic heterocycles. The molecule has 8 heteroatoms. The van der Waals surface area contributed by atoms with E-state index in [0.29, 0.717) is 23.6 Å². The summed E-state index contributed by atoms with van der Waals surface area (Å²) in [5, 5.41) is 3.33. The molecule has 0 saturated carbocycles. The molecule has 2 heterocycles. The fraction of sp³-hybridized carbons (Fsp3) is 0.391. The highest BCUT2D eigenvalue weighted by Gasteiger charge is 2.28. The molecule has 164 valence electrons. The molecule has 3 rings (SSSR count). The van der Waals surface area contributed by atoms with E-state index in [1.807, 2.05) is 52.0 Å². The van der Waals surface area contributed by atoms with Crippen LogP contribution >= 0.6 is 11.8 Å². The molecule has 1 aliphatic rings. The third kappa shape index (κ3) is 5.25. The van der Waals surface area contributed by atoms with Crippen LogP contribution in [0.5, 0.6) is 5.75 Å². The Morgan fingerprint density at radius 1 is 1.06 bits per heavy atom. The van der Waals surface area contributed by atoms with Crippen molar-refractivity contribution in [2.45, 2.75) is 45.9 Å². The topological polar surface area (TPSA) is 85.7 Å². The van der Waals surface area contributed by atoms with Gasteiger partial charge in [-0.2, -0.15) is 0 Å². The lowest BCUT2D eigenvalue weighted by Crippen LogP contribution is -2.34. The predicted molar refractivity (Wildman–Crippen MR) is 123 cm³/mol. The SMILES string of the molecule is CCOC(=O)C1=C(C)NC(SCc2nc(C)c(C)nc2C)N=C1c1ccc(OC)cc1. The number of hydrogen-bond donors (Lipinski definition) is 1. The number of nitrogens with one attached hydrogen (secondary N) is 1. The van der Waals surface area contributed by atoms with Crippen LogP contribution in [0.4, 0.5) is 0 Å². The molecule has 0 spiro atoms. The van der Waals surface area contributed by atoms with Gasteiger partial charge in [0.15, 0.2) is 5.50 Å². The molecule has 0 aliphatic carbocycles. The van der Waals surface area contributed by atoms with Crippen LogP contribution in [0.15, 0.2) is 40.5 Å². The smallest absolute Gasteiger partial charge is 0.342 e. The molecule has 7 nitrogen and oxygen atoms in total. The Labute approximate surface area is 187 Å². The molecule has 2 aromatic rings. The van der Waals surface area contributed by atoms with E-state index in [0.717, 1.165) is 39.8 Å². The minimum Gasteiger partial charge on any atom is -0.497 e. The number of aryl methyl sites for hydroxylation is 3. The minimum absolute atomic E-state index is 0.266. The number of methoxy groups -OCH3 is 1. The molecule has 0 amide bonds. The maximum absolute atomic E-state index is 12.7. The normalized spacial score (nSPS) is 15.9. The van der Waals surface area contributed by atoms with Crippen molar-refractivity contribution >= 4 is 23.4 Å². The fourth-order valence-electron chi connectivity index (χ4n) is 3.20. The number of carbonyl (C=O) groups is 1. The summed E-state index contributed by atoms with van der Waals surface area (Å²) in [5.74, 6) is 1.01. The average Bonchev–Trinajstić information content (AvgIpc) is 2.75. The van der Waals surface area contributed by atoms with Gasteiger partial charge >= 0.3 is 5.97 Å². The second-order valence-electron chi connectivity index (χ2n) is 7.16. The van der Waals surface area contributed by atoms with Gasteiger partial charge in [-0.3, -0.25) is 9.97 Å². The van der Waals surface area contributed by atoms with Crippen LogP contribution < -0.4 is 10.1 Å². The van der Waals surface area contributed by atoms with Gasteiger partial charge in [0.25, 0.3) is 0 Å². The van der Waals surface area contributed by atoms with Crippen molar-refractivity contribution in [2.75, 3.05) is 13.7 Å². The maximum Gasteiger partial charge on any atom is 0.342 e. The Morgan fingerprint density at radius 2 is 1.74 bits per heavy atom. The molecular weight excluding hydrogens is 412 g/mol. The van der Waals surface area contributed by atoms with Gasteiger partial charge in [-0.05, 0) is 58.9 Å². The van der Waals surface area contributed by atoms with Crippen LogP contribution in [0.2, 0.25) is 0 Å². The number of aliphatic imine (C=N–C) groups is 1. The summed E-state index contributed by atoms with van der Waals surface area (Å²) in [7, 11) is 1.62. The second-order valence-corrected chi connectivity index (χ2v) is 8.23. The van der Waals surface area contributed by atoms with Crippen molar-refractivity contribution < 1.29 is 14.3 Å². The maximum atomic E-state index is 12.7. The van der Waals surface area contributed by atoms with E-state index >= 15 is 0 Å². The van der Waals surface area contributed by atoms with Gasteiger partial charge in [0.1, 0.15) is 11.3 Å². The van der Waals surface area contributed by atoms with Gasteiger partial charge < -0.3 is 14.8 Å². The summed E-state index contributed by atoms with van der Waals surface area (Å²) in [6, 6.07) is 7.51. The summed E-state index contributed by atoms with van der Waals surface area (Å²) in [6.45, 7) is 9.87. The molecule has 1 atom stereocenters. The third-order valence-corrected chi connectivity index (χ3v) is 5.98. The Kier molecular flexibility index (Phi) is 7.33. The van der Waals surface area contributed by atoms with Crippen molar-refractivity contribution in [3.63, 3.8) is 0 Å². The zero-order chi connectivity index (χ0) is 22.5. The van der Waals surface area contributed by atoms with E-state index in [4.69, 9.17) is 14.5 Å². The number of esters is 1. The Hall–Kier alpha value is -2.87. The highest BCUT2D eigenvalue weighted by atomic mass is 32.2. The molecular formula is C23H28N4O3S. The molecule has 0 radical (unpaired) electrons. The summed E-state index contributed by atoms with van der Waals surface area (Å²) in [6.07, 6.45) is 0. The van der Waals surface area contributed by atoms with Crippen LogP contribution in [0.1, 0.15) is 42.2 Å². The lowest BCUT2D eigenvalue weighted by atomic mass is 9.99. The predicted octanol–water partition coefficient (Wildman–Crippen LogP) is 3.86. The Morgan fingerprint density at radius 3 is 2.39 bits per heavy atom. The molecule has 1 unspecified atom stereocenters. The first-order valence-corrected chi connectivity index (χ1v) is 11.2. The first-order chi connectivity index (χ1) is 14.8. The average molecular weight is 441 g/mol. The monoisotopic (exact) mass is 440 g/mol. The van der Waals surface area contributed by atoms with E-state index in [1.54, 1.807) is 25.8 Å². The minimum atomic E-state index is -0.388. The number of rotatable bonds is 7. The number of ether oxygens (including phenoxy) is 2. The van der Waals surface area contributed by atoms with Gasteiger partial charge in [-0.1, -0.05) is 0 Å². The summed E-state index contributed by atoms with van der Waals surface area (Å²) < 4.78 is 10.5. The zero-order valence-electron chi connectivity index (χ0n) is 18.8. The van der Waals surface area contributed by atoms with E-state index in [2.05, 4.69) is 15.3 Å². The summed E-state index contributed by atoms with van der Waals surface area (Å²) >= 11 is 1.60. The van der Waals surface area contributed by atoms with Crippen LogP contribution in [0.3, 0.4) is 0 Å². The number of nitrogens with zero attached hydrogens (tertiary/aromatic N) is 3. The van der Waals surface area contributed by atoms with Crippen molar-refractivity contribution in [3.05, 3.63) is 63.9 Å². The zero-order valence-corrected chi connectivity index (χ0v) is 19.6. The third-order valence-electron chi connectivity index (χ3n) is 5.00. The molecule has 1 N–H and O–H groups in total. The van der Waals surface area contributed by atoms with Crippen LogP contribution in [0.25, 0.3) is 0 Å². The molecule has 0 fully saturated rings. The molecule has 0 saturated heterocycles. The second kappa shape index (κ2) is 9.96. The van der Waals surface area contributed by atoms with E-state index in [9.17, 15) is 4.79 Å². The number of thioether (sulfide) groups is 1. The lowest BCUT2D eigenvalue weighted by Gasteiger charge is -2.26. The first kappa shape index (κ1) is 22.8. The molecule has 1 aliphatic heterocycles. The van der Waals surface area contributed by atoms with Crippen molar-refractivity contribution in [2.24, 2.45) is 4.99 Å². The largest absolute Gasteiger partial charge is 0.497 e. The molecule has 31 heavy (non-hydrogen) atoms. The molecule has 1 aromatic carbocycles. The van der Waals surface area contributed by atoms with Crippen molar-refractivity contribution in [1.82, 2.24) is 15.3 Å². The van der Waals surface area contributed by atoms with Gasteiger partial charge in [0.05, 0.1) is 42.2 Å². The number of hydrogen-bond acceptors (Lipinski definition) is 8. The van der Waals surface area contributed by atoms with Crippen LogP contribution in [-0.2, 0) is 15.3 Å². The van der Waals surface area contributed by atoms with Crippen molar-refractivity contribution in [1.29, 1.82) is 0 Å². The lowest BCUT2D eigenvalue weighted by molar-refractivity contribution is -0.137. The van der Waals surface area contributed by atoms with Gasteiger partial charge in [0, 0.05) is 17.0 Å². The van der Waals surface area contributed by atoms with Gasteiger partial charge in [-0.15, -0.1) is 11.8 Å². The van der Waals surface area contributed by atoms with E-state index in [1.165, 1.54) is 0 Å². The number of aromatic nitrogens is 2. The summed E-state index contributed by atoms with van der Waals surface area (Å²) in [5.41, 5.74) is 6.10. The van der Waals surface area contributed by atoms with Crippen LogP contribution in [-0.4, -0.2) is 40.9 Å². The fourth-order valence-corrected chi connectivity index (χ4v) is 4.23. The Balaban J connectivity index is 1.90. The number of benzene rings is 1. The van der Waals surface area contributed by atoms with Gasteiger partial charge in [0.2, 0.25) is 0 Å². The highest BCUT2D eigenvalue weighted by Crippen LogP contribution is 2.27. The van der Waals surface area contributed by atoms with E-state index in [-0.39, 0.29) is 11.5 Å². The van der Waals surface area contributed by atoms with Crippen LogP contribution in [0, 0.1) is 20.8 Å². The van der Waals surface area contributed by atoms with Gasteiger partial charge in [-0.25, -0.2) is 9.79 Å².